The van der Waals surface area contributed by atoms with Crippen LogP contribution in [0.25, 0.3) is 0 Å². The van der Waals surface area contributed by atoms with E-state index in [-0.39, 0.29) is 35.0 Å². The van der Waals surface area contributed by atoms with Crippen molar-refractivity contribution in [1.82, 2.24) is 0 Å². The lowest BCUT2D eigenvalue weighted by Crippen LogP contribution is -2.30. The number of carbonyl (C=O) groups excluding carboxylic acids is 3. The van der Waals surface area contributed by atoms with E-state index >= 15 is 0 Å². The van der Waals surface area contributed by atoms with Crippen LogP contribution in [-0.4, -0.2) is 17.8 Å². The highest BCUT2D eigenvalue weighted by atomic mass is 35.5. The zero-order valence-electron chi connectivity index (χ0n) is 14.6. The molecule has 0 unspecified atom stereocenters. The van der Waals surface area contributed by atoms with E-state index in [9.17, 15) is 14.4 Å². The molecule has 2 aromatic rings. The highest BCUT2D eigenvalue weighted by Gasteiger charge is 2.48. The molecule has 0 aromatic heterocycles. The summed E-state index contributed by atoms with van der Waals surface area (Å²) in [7, 11) is 0. The maximum absolute atomic E-state index is 12.7. The summed E-state index contributed by atoms with van der Waals surface area (Å²) in [4.78, 5) is 39.1. The average molecular weight is 384 g/mol. The molecule has 0 bridgehead atoms. The molecule has 1 saturated heterocycles. The van der Waals surface area contributed by atoms with Crippen LogP contribution in [0.1, 0.15) is 36.0 Å². The smallest absolute Gasteiger partial charge is 0.345 e. The molecule has 2 aromatic carbocycles. The lowest BCUT2D eigenvalue weighted by Gasteiger charge is -2.19. The number of benzene rings is 2. The Bertz CT molecular complexity index is 902. The second-order valence-electron chi connectivity index (χ2n) is 6.88. The van der Waals surface area contributed by atoms with E-state index in [1.165, 1.54) is 4.90 Å². The second kappa shape index (κ2) is 7.16. The summed E-state index contributed by atoms with van der Waals surface area (Å²) < 4.78 is 5.40. The molecule has 2 fully saturated rings. The fourth-order valence-electron chi connectivity index (χ4n) is 3.89. The summed E-state index contributed by atoms with van der Waals surface area (Å²) in [6.07, 6.45) is 3.47. The summed E-state index contributed by atoms with van der Waals surface area (Å²) in [6.45, 7) is 0. The first-order valence-electron chi connectivity index (χ1n) is 9.01. The number of hydrogen-bond acceptors (Lipinski definition) is 4. The molecule has 2 aliphatic rings. The highest BCUT2D eigenvalue weighted by molar-refractivity contribution is 6.33. The van der Waals surface area contributed by atoms with Crippen LogP contribution in [0.3, 0.4) is 0 Å². The number of halogens is 1. The number of nitrogens with zero attached hydrogens (tertiary/aromatic N) is 1. The lowest BCUT2D eigenvalue weighted by atomic mass is 9.81. The number of carbonyl (C=O) groups is 3. The molecule has 1 saturated carbocycles. The van der Waals surface area contributed by atoms with E-state index in [4.69, 9.17) is 16.3 Å². The quantitative estimate of drug-likeness (QED) is 0.452. The Morgan fingerprint density at radius 3 is 2.30 bits per heavy atom. The molecule has 2 atom stereocenters. The molecular weight excluding hydrogens is 366 g/mol. The maximum Gasteiger partial charge on any atom is 0.345 e. The van der Waals surface area contributed by atoms with Crippen LogP contribution in [0, 0.1) is 11.8 Å². The normalized spacial score (nSPS) is 21.9. The van der Waals surface area contributed by atoms with Crippen molar-refractivity contribution < 1.29 is 19.1 Å². The number of amides is 2. The molecule has 5 nitrogen and oxygen atoms in total. The fraction of sp³-hybridized carbons (Fsp3) is 0.286. The van der Waals surface area contributed by atoms with Gasteiger partial charge in [0.25, 0.3) is 0 Å². The minimum absolute atomic E-state index is 0.153. The Balaban J connectivity index is 1.58. The molecule has 0 spiro atoms. The predicted octanol–water partition coefficient (Wildman–Crippen LogP) is 4.24. The Morgan fingerprint density at radius 1 is 0.963 bits per heavy atom. The zero-order valence-corrected chi connectivity index (χ0v) is 15.3. The van der Waals surface area contributed by atoms with E-state index in [1.807, 2.05) is 0 Å². The van der Waals surface area contributed by atoms with Crippen molar-refractivity contribution in [1.29, 1.82) is 0 Å². The van der Waals surface area contributed by atoms with E-state index in [0.717, 1.165) is 25.7 Å². The van der Waals surface area contributed by atoms with Gasteiger partial charge < -0.3 is 4.74 Å². The first kappa shape index (κ1) is 17.7. The van der Waals surface area contributed by atoms with Gasteiger partial charge in [0.2, 0.25) is 11.8 Å². The predicted molar refractivity (Wildman–Crippen MR) is 101 cm³/mol. The molecule has 2 amide bonds. The van der Waals surface area contributed by atoms with Crippen molar-refractivity contribution in [2.75, 3.05) is 4.90 Å². The first-order chi connectivity index (χ1) is 13.1. The number of ether oxygens (including phenoxy) is 1. The van der Waals surface area contributed by atoms with E-state index < -0.39 is 5.97 Å². The molecule has 1 aliphatic carbocycles. The summed E-state index contributed by atoms with van der Waals surface area (Å²) in [5.41, 5.74) is 0.688. The number of imide groups is 1. The number of esters is 1. The molecule has 1 heterocycles. The molecule has 0 N–H and O–H groups in total. The van der Waals surface area contributed by atoms with Crippen LogP contribution in [0.2, 0.25) is 5.02 Å². The number of rotatable bonds is 3. The van der Waals surface area contributed by atoms with Crippen LogP contribution in [0.5, 0.6) is 5.75 Å². The third-order valence-electron chi connectivity index (χ3n) is 5.22. The standard InChI is InChI=1S/C21H18ClNO4/c22-18-11-4-3-10-17(18)21(26)27-14-7-5-6-13(12-14)23-19(24)15-8-1-2-9-16(15)20(23)25/h3-7,10-12,15-16H,1-2,8-9H2/t15-,16-/m0/s1. The van der Waals surface area contributed by atoms with Gasteiger partial charge in [-0.2, -0.15) is 0 Å². The largest absolute Gasteiger partial charge is 0.423 e. The zero-order chi connectivity index (χ0) is 19.0. The first-order valence-corrected chi connectivity index (χ1v) is 9.38. The SMILES string of the molecule is O=C(Oc1cccc(N2C(=O)[C@H]3CCCC[C@@H]3C2=O)c1)c1ccccc1Cl. The van der Waals surface area contributed by atoms with Gasteiger partial charge in [-0.25, -0.2) is 9.69 Å². The number of anilines is 1. The van der Waals surface area contributed by atoms with Crippen molar-refractivity contribution in [3.8, 4) is 5.75 Å². The van der Waals surface area contributed by atoms with Gasteiger partial charge >= 0.3 is 5.97 Å². The van der Waals surface area contributed by atoms with Crippen molar-refractivity contribution in [3.63, 3.8) is 0 Å². The maximum atomic E-state index is 12.7. The summed E-state index contributed by atoms with van der Waals surface area (Å²) in [5.74, 6) is -1.09. The van der Waals surface area contributed by atoms with Crippen LogP contribution >= 0.6 is 11.6 Å². The van der Waals surface area contributed by atoms with Gasteiger partial charge in [0.05, 0.1) is 28.1 Å². The van der Waals surface area contributed by atoms with E-state index in [1.54, 1.807) is 48.5 Å². The molecule has 4 rings (SSSR count). The van der Waals surface area contributed by atoms with Crippen LogP contribution in [-0.2, 0) is 9.59 Å². The van der Waals surface area contributed by atoms with E-state index in [0.29, 0.717) is 10.7 Å². The molecule has 27 heavy (non-hydrogen) atoms. The van der Waals surface area contributed by atoms with Crippen molar-refractivity contribution >= 4 is 35.1 Å². The average Bonchev–Trinajstić information content (AvgIpc) is 2.93. The fourth-order valence-corrected chi connectivity index (χ4v) is 4.10. The monoisotopic (exact) mass is 383 g/mol. The van der Waals surface area contributed by atoms with Gasteiger partial charge in [0.15, 0.2) is 0 Å². The third kappa shape index (κ3) is 3.23. The van der Waals surface area contributed by atoms with Crippen molar-refractivity contribution in [2.24, 2.45) is 11.8 Å². The third-order valence-corrected chi connectivity index (χ3v) is 5.55. The molecular formula is C21H18ClNO4. The molecule has 0 radical (unpaired) electrons. The Labute approximate surface area is 161 Å². The second-order valence-corrected chi connectivity index (χ2v) is 7.28. The van der Waals surface area contributed by atoms with Gasteiger partial charge in [-0.3, -0.25) is 9.59 Å². The van der Waals surface area contributed by atoms with Crippen LogP contribution in [0.15, 0.2) is 48.5 Å². The van der Waals surface area contributed by atoms with Gasteiger partial charge in [0, 0.05) is 6.07 Å². The Morgan fingerprint density at radius 2 is 1.63 bits per heavy atom. The Kier molecular flexibility index (Phi) is 4.70. The van der Waals surface area contributed by atoms with Crippen LogP contribution < -0.4 is 9.64 Å². The van der Waals surface area contributed by atoms with Crippen LogP contribution in [0.4, 0.5) is 5.69 Å². The van der Waals surface area contributed by atoms with Crippen molar-refractivity contribution in [2.45, 2.75) is 25.7 Å². The van der Waals surface area contributed by atoms with Gasteiger partial charge in [-0.15, -0.1) is 0 Å². The number of hydrogen-bond donors (Lipinski definition) is 0. The summed E-state index contributed by atoms with van der Waals surface area (Å²) >= 11 is 6.03. The van der Waals surface area contributed by atoms with Gasteiger partial charge in [-0.05, 0) is 37.1 Å². The lowest BCUT2D eigenvalue weighted by molar-refractivity contribution is -0.122. The van der Waals surface area contributed by atoms with Gasteiger partial charge in [0.1, 0.15) is 5.75 Å². The van der Waals surface area contributed by atoms with Crippen molar-refractivity contribution in [3.05, 3.63) is 59.1 Å². The Hall–Kier alpha value is -2.66. The molecule has 1 aliphatic heterocycles. The number of fused-ring (bicyclic) bond motifs is 1. The minimum Gasteiger partial charge on any atom is -0.423 e. The minimum atomic E-state index is -0.592. The molecule has 138 valence electrons. The summed E-state index contributed by atoms with van der Waals surface area (Å²) in [6, 6.07) is 13.1. The van der Waals surface area contributed by atoms with Gasteiger partial charge in [-0.1, -0.05) is 42.6 Å². The van der Waals surface area contributed by atoms with E-state index in [2.05, 4.69) is 0 Å². The highest BCUT2D eigenvalue weighted by Crippen LogP contribution is 2.40. The topological polar surface area (TPSA) is 63.7 Å². The molecule has 6 heteroatoms. The summed E-state index contributed by atoms with van der Waals surface area (Å²) in [5, 5.41) is 0.299.